The molecule has 1 N–H and O–H groups in total. The highest BCUT2D eigenvalue weighted by atomic mass is 16.2. The van der Waals surface area contributed by atoms with Crippen molar-refractivity contribution in [1.29, 1.82) is 0 Å². The number of hydrogen-bond donors (Lipinski definition) is 1. The van der Waals surface area contributed by atoms with Crippen LogP contribution in [0.15, 0.2) is 59.0 Å². The summed E-state index contributed by atoms with van der Waals surface area (Å²) in [5.41, 5.74) is 3.46. The summed E-state index contributed by atoms with van der Waals surface area (Å²) in [6.07, 6.45) is 9.44. The maximum atomic E-state index is 12.6. The van der Waals surface area contributed by atoms with E-state index in [1.54, 1.807) is 17.2 Å². The van der Waals surface area contributed by atoms with Gasteiger partial charge >= 0.3 is 0 Å². The van der Waals surface area contributed by atoms with E-state index < -0.39 is 0 Å². The van der Waals surface area contributed by atoms with Crippen LogP contribution in [0.25, 0.3) is 10.9 Å². The number of aromatic nitrogens is 1. The number of benzene rings is 1. The molecule has 0 radical (unpaired) electrons. The average molecular weight is 376 g/mol. The Bertz CT molecular complexity index is 1030. The second-order valence-corrected chi connectivity index (χ2v) is 7.48. The maximum Gasteiger partial charge on any atom is 0.246 e. The van der Waals surface area contributed by atoms with E-state index in [1.807, 2.05) is 32.4 Å². The van der Waals surface area contributed by atoms with E-state index in [9.17, 15) is 9.59 Å². The third kappa shape index (κ3) is 3.63. The fraction of sp³-hybridized carbons (Fsp3) is 0.318. The van der Waals surface area contributed by atoms with Gasteiger partial charge in [0.1, 0.15) is 5.82 Å². The summed E-state index contributed by atoms with van der Waals surface area (Å²) in [5.74, 6) is 0.775. The van der Waals surface area contributed by atoms with Crippen LogP contribution in [0.2, 0.25) is 0 Å². The van der Waals surface area contributed by atoms with Crippen molar-refractivity contribution in [3.63, 3.8) is 0 Å². The molecule has 6 nitrogen and oxygen atoms in total. The number of carbonyl (C=O) groups excluding carboxylic acids is 2. The number of allylic oxidation sites excluding steroid dienone is 2. The standard InChI is InChI=1S/C22H24N4O2/c1-25-11-10-18-17(4-3-5-19(18)25)14-26(2)21(28)9-6-15-12-16-7-8-20(27)24-22(16)23-13-15/h3-6,9-11,13,15H,7-8,12,14H2,1-2H3,(H,24,27)/b9-6+. The van der Waals surface area contributed by atoms with E-state index in [4.69, 9.17) is 0 Å². The zero-order valence-corrected chi connectivity index (χ0v) is 16.2. The molecule has 1 atom stereocenters. The van der Waals surface area contributed by atoms with Gasteiger partial charge in [-0.1, -0.05) is 18.2 Å². The summed E-state index contributed by atoms with van der Waals surface area (Å²) < 4.78 is 2.08. The number of carbonyl (C=O) groups is 2. The van der Waals surface area contributed by atoms with Gasteiger partial charge in [-0.15, -0.1) is 0 Å². The van der Waals surface area contributed by atoms with Crippen molar-refractivity contribution in [2.24, 2.45) is 18.0 Å². The molecule has 0 saturated carbocycles. The van der Waals surface area contributed by atoms with Crippen LogP contribution in [0.1, 0.15) is 24.8 Å². The van der Waals surface area contributed by atoms with Crippen LogP contribution in [0.3, 0.4) is 0 Å². The second kappa shape index (κ2) is 7.46. The Kier molecular flexibility index (Phi) is 4.86. The molecule has 2 amide bonds. The molecule has 4 rings (SSSR count). The number of aliphatic imine (C=N–C) groups is 1. The highest BCUT2D eigenvalue weighted by molar-refractivity contribution is 5.89. The molecule has 0 saturated heterocycles. The van der Waals surface area contributed by atoms with Crippen LogP contribution < -0.4 is 5.32 Å². The van der Waals surface area contributed by atoms with Gasteiger partial charge in [0.2, 0.25) is 11.8 Å². The summed E-state index contributed by atoms with van der Waals surface area (Å²) >= 11 is 0. The molecule has 2 aromatic rings. The van der Waals surface area contributed by atoms with Crippen molar-refractivity contribution >= 4 is 28.9 Å². The molecule has 1 unspecified atom stereocenters. The fourth-order valence-electron chi connectivity index (χ4n) is 3.78. The lowest BCUT2D eigenvalue weighted by Crippen LogP contribution is -2.30. The summed E-state index contributed by atoms with van der Waals surface area (Å²) in [7, 11) is 3.84. The summed E-state index contributed by atoms with van der Waals surface area (Å²) in [6.45, 7) is 0.560. The average Bonchev–Trinajstić information content (AvgIpc) is 3.08. The monoisotopic (exact) mass is 376 g/mol. The topological polar surface area (TPSA) is 66.7 Å². The number of rotatable bonds is 4. The molecule has 0 fully saturated rings. The molecule has 1 aromatic carbocycles. The molecule has 28 heavy (non-hydrogen) atoms. The van der Waals surface area contributed by atoms with Crippen LogP contribution in [0.4, 0.5) is 0 Å². The molecule has 144 valence electrons. The van der Waals surface area contributed by atoms with E-state index in [2.05, 4.69) is 33.1 Å². The maximum absolute atomic E-state index is 12.6. The van der Waals surface area contributed by atoms with Gasteiger partial charge in [-0.25, -0.2) is 4.99 Å². The van der Waals surface area contributed by atoms with Crippen LogP contribution in [-0.2, 0) is 23.2 Å². The minimum absolute atomic E-state index is 0.0233. The molecule has 0 spiro atoms. The van der Waals surface area contributed by atoms with E-state index in [0.29, 0.717) is 18.8 Å². The Labute approximate surface area is 164 Å². The zero-order chi connectivity index (χ0) is 19.7. The smallest absolute Gasteiger partial charge is 0.246 e. The summed E-state index contributed by atoms with van der Waals surface area (Å²) in [4.78, 5) is 30.1. The molecule has 6 heteroatoms. The SMILES string of the molecule is CN(Cc1cccc2c1ccn2C)C(=O)/C=C/C1C=NC2=C(CCC(=O)N2)C1. The zero-order valence-electron chi connectivity index (χ0n) is 16.2. The number of aryl methyl sites for hydroxylation is 1. The normalized spacial score (nSPS) is 19.2. The highest BCUT2D eigenvalue weighted by Crippen LogP contribution is 2.27. The van der Waals surface area contributed by atoms with Gasteiger partial charge < -0.3 is 14.8 Å². The van der Waals surface area contributed by atoms with Crippen LogP contribution in [0.5, 0.6) is 0 Å². The van der Waals surface area contributed by atoms with Gasteiger partial charge in [-0.3, -0.25) is 9.59 Å². The Morgan fingerprint density at radius 2 is 2.21 bits per heavy atom. The molecule has 2 aliphatic heterocycles. The van der Waals surface area contributed by atoms with E-state index in [-0.39, 0.29) is 17.7 Å². The summed E-state index contributed by atoms with van der Waals surface area (Å²) in [5, 5.41) is 3.98. The van der Waals surface area contributed by atoms with Gasteiger partial charge in [0.25, 0.3) is 0 Å². The first kappa shape index (κ1) is 18.2. The third-order valence-electron chi connectivity index (χ3n) is 5.41. The molecule has 3 heterocycles. The predicted octanol–water partition coefficient (Wildman–Crippen LogP) is 2.91. The first-order valence-corrected chi connectivity index (χ1v) is 9.53. The van der Waals surface area contributed by atoms with E-state index in [1.165, 1.54) is 5.39 Å². The second-order valence-electron chi connectivity index (χ2n) is 7.48. The molecule has 1 aromatic heterocycles. The first-order chi connectivity index (χ1) is 13.5. The Hall–Kier alpha value is -3.15. The highest BCUT2D eigenvalue weighted by Gasteiger charge is 2.22. The lowest BCUT2D eigenvalue weighted by atomic mass is 9.92. The van der Waals surface area contributed by atoms with Crippen molar-refractivity contribution in [2.45, 2.75) is 25.8 Å². The van der Waals surface area contributed by atoms with Crippen molar-refractivity contribution in [3.05, 3.63) is 59.6 Å². The van der Waals surface area contributed by atoms with E-state index >= 15 is 0 Å². The molecule has 0 bridgehead atoms. The molecule has 2 aliphatic rings. The lowest BCUT2D eigenvalue weighted by Gasteiger charge is -2.23. The number of nitrogens with zero attached hydrogens (tertiary/aromatic N) is 3. The van der Waals surface area contributed by atoms with Crippen molar-refractivity contribution in [1.82, 2.24) is 14.8 Å². The van der Waals surface area contributed by atoms with E-state index in [0.717, 1.165) is 29.5 Å². The predicted molar refractivity (Wildman–Crippen MR) is 110 cm³/mol. The minimum atomic E-state index is -0.0296. The Morgan fingerprint density at radius 3 is 3.07 bits per heavy atom. The largest absolute Gasteiger partial charge is 0.351 e. The number of likely N-dealkylation sites (N-methyl/N-ethyl adjacent to an activating group) is 1. The van der Waals surface area contributed by atoms with Gasteiger partial charge in [-0.2, -0.15) is 0 Å². The van der Waals surface area contributed by atoms with Crippen LogP contribution >= 0.6 is 0 Å². The molecular formula is C22H24N4O2. The van der Waals surface area contributed by atoms with Crippen molar-refractivity contribution in [3.8, 4) is 0 Å². The number of amides is 2. The van der Waals surface area contributed by atoms with Gasteiger partial charge in [0.15, 0.2) is 0 Å². The molecule has 0 aliphatic carbocycles. The van der Waals surface area contributed by atoms with Crippen molar-refractivity contribution < 1.29 is 9.59 Å². The molecular weight excluding hydrogens is 352 g/mol. The van der Waals surface area contributed by atoms with Crippen LogP contribution in [-0.4, -0.2) is 34.5 Å². The van der Waals surface area contributed by atoms with Crippen LogP contribution in [0, 0.1) is 5.92 Å². The fourth-order valence-corrected chi connectivity index (χ4v) is 3.78. The minimum Gasteiger partial charge on any atom is -0.351 e. The number of fused-ring (bicyclic) bond motifs is 1. The van der Waals surface area contributed by atoms with Crippen molar-refractivity contribution in [2.75, 3.05) is 7.05 Å². The Morgan fingerprint density at radius 1 is 1.36 bits per heavy atom. The lowest BCUT2D eigenvalue weighted by molar-refractivity contribution is -0.125. The Balaban J connectivity index is 1.39. The summed E-state index contributed by atoms with van der Waals surface area (Å²) in [6, 6.07) is 8.26. The van der Waals surface area contributed by atoms with Gasteiger partial charge in [0, 0.05) is 56.3 Å². The quantitative estimate of drug-likeness (QED) is 0.834. The first-order valence-electron chi connectivity index (χ1n) is 9.53. The number of hydrogen-bond acceptors (Lipinski definition) is 3. The van der Waals surface area contributed by atoms with Gasteiger partial charge in [-0.05, 0) is 42.2 Å². The van der Waals surface area contributed by atoms with Gasteiger partial charge in [0.05, 0.1) is 0 Å². The number of nitrogens with one attached hydrogen (secondary N) is 1. The third-order valence-corrected chi connectivity index (χ3v) is 5.41.